The molecule has 0 aliphatic rings. The van der Waals surface area contributed by atoms with E-state index in [1.165, 1.54) is 18.2 Å². The van der Waals surface area contributed by atoms with E-state index in [0.717, 1.165) is 24.3 Å². The average molecular weight is 315 g/mol. The van der Waals surface area contributed by atoms with Crippen molar-refractivity contribution in [2.75, 3.05) is 5.32 Å². The van der Waals surface area contributed by atoms with Crippen LogP contribution in [0.3, 0.4) is 0 Å². The quantitative estimate of drug-likeness (QED) is 0.512. The lowest BCUT2D eigenvalue weighted by molar-refractivity contribution is -0.385. The van der Waals surface area contributed by atoms with Crippen molar-refractivity contribution in [1.82, 2.24) is 0 Å². The Morgan fingerprint density at radius 3 is 2.04 bits per heavy atom. The zero-order valence-corrected chi connectivity index (χ0v) is 11.5. The van der Waals surface area contributed by atoms with Crippen LogP contribution in [0.1, 0.15) is 20.7 Å². The lowest BCUT2D eigenvalue weighted by Gasteiger charge is -2.07. The number of nitro groups is 2. The summed E-state index contributed by atoms with van der Waals surface area (Å²) in [7, 11) is 0. The summed E-state index contributed by atoms with van der Waals surface area (Å²) in [5, 5.41) is 23.7. The molecule has 0 aliphatic carbocycles. The van der Waals surface area contributed by atoms with Crippen LogP contribution in [0.25, 0.3) is 0 Å². The Labute approximate surface area is 128 Å². The Morgan fingerprint density at radius 1 is 0.957 bits per heavy atom. The lowest BCUT2D eigenvalue weighted by Crippen LogP contribution is -2.13. The van der Waals surface area contributed by atoms with Crippen LogP contribution in [0.5, 0.6) is 0 Å². The molecule has 0 bridgehead atoms. The smallest absolute Gasteiger partial charge is 0.271 e. The van der Waals surface area contributed by atoms with Gasteiger partial charge in [0.1, 0.15) is 0 Å². The number of aldehydes is 1. The van der Waals surface area contributed by atoms with Gasteiger partial charge in [0.25, 0.3) is 17.3 Å². The van der Waals surface area contributed by atoms with Crippen molar-refractivity contribution >= 4 is 29.3 Å². The summed E-state index contributed by atoms with van der Waals surface area (Å²) in [5.74, 6) is -0.650. The van der Waals surface area contributed by atoms with E-state index >= 15 is 0 Å². The normalized spacial score (nSPS) is 9.91. The molecule has 9 nitrogen and oxygen atoms in total. The van der Waals surface area contributed by atoms with Gasteiger partial charge in [-0.3, -0.25) is 29.8 Å². The van der Waals surface area contributed by atoms with Gasteiger partial charge in [0, 0.05) is 35.4 Å². The minimum Gasteiger partial charge on any atom is -0.321 e. The zero-order valence-electron chi connectivity index (χ0n) is 11.5. The van der Waals surface area contributed by atoms with Crippen LogP contribution < -0.4 is 5.32 Å². The second kappa shape index (κ2) is 6.43. The van der Waals surface area contributed by atoms with Gasteiger partial charge in [-0.2, -0.15) is 0 Å². The second-order valence-corrected chi connectivity index (χ2v) is 4.40. The molecule has 0 unspecified atom stereocenters. The first kappa shape index (κ1) is 15.8. The van der Waals surface area contributed by atoms with Gasteiger partial charge >= 0.3 is 0 Å². The first-order valence-electron chi connectivity index (χ1n) is 6.22. The van der Waals surface area contributed by atoms with Crippen LogP contribution in [0.4, 0.5) is 17.1 Å². The summed E-state index contributed by atoms with van der Waals surface area (Å²) in [5.41, 5.74) is -0.289. The second-order valence-electron chi connectivity index (χ2n) is 4.40. The molecule has 0 saturated carbocycles. The summed E-state index contributed by atoms with van der Waals surface area (Å²) < 4.78 is 0. The number of carbonyl (C=O) groups excluding carboxylic acids is 2. The summed E-state index contributed by atoms with van der Waals surface area (Å²) in [6.45, 7) is 0. The van der Waals surface area contributed by atoms with Gasteiger partial charge in [0.05, 0.1) is 15.5 Å². The molecule has 0 radical (unpaired) electrons. The number of anilines is 1. The number of nitro benzene ring substituents is 2. The highest BCUT2D eigenvalue weighted by atomic mass is 16.6. The summed E-state index contributed by atoms with van der Waals surface area (Å²) in [6.07, 6.45) is 0.454. The van der Waals surface area contributed by atoms with Crippen LogP contribution in [-0.4, -0.2) is 22.0 Å². The van der Waals surface area contributed by atoms with Crippen molar-refractivity contribution in [2.24, 2.45) is 0 Å². The zero-order chi connectivity index (χ0) is 17.0. The molecule has 1 amide bonds. The maximum absolute atomic E-state index is 12.1. The van der Waals surface area contributed by atoms with E-state index < -0.39 is 15.8 Å². The Morgan fingerprint density at radius 2 is 1.52 bits per heavy atom. The minimum atomic E-state index is -0.657. The minimum absolute atomic E-state index is 0.0162. The molecule has 9 heteroatoms. The van der Waals surface area contributed by atoms with E-state index in [0.29, 0.717) is 6.29 Å². The topological polar surface area (TPSA) is 132 Å². The van der Waals surface area contributed by atoms with Gasteiger partial charge in [0.2, 0.25) is 0 Å². The highest BCUT2D eigenvalue weighted by Crippen LogP contribution is 2.22. The van der Waals surface area contributed by atoms with E-state index in [1.807, 2.05) is 0 Å². The Bertz CT molecular complexity index is 801. The molecule has 116 valence electrons. The number of hydrogen-bond donors (Lipinski definition) is 1. The first-order chi connectivity index (χ1) is 10.9. The number of benzene rings is 2. The van der Waals surface area contributed by atoms with E-state index in [-0.39, 0.29) is 28.2 Å². The molecule has 0 aromatic heterocycles. The van der Waals surface area contributed by atoms with Crippen LogP contribution in [0.2, 0.25) is 0 Å². The monoisotopic (exact) mass is 315 g/mol. The number of nitrogens with one attached hydrogen (secondary N) is 1. The number of non-ortho nitro benzene ring substituents is 2. The van der Waals surface area contributed by atoms with Crippen LogP contribution in [-0.2, 0) is 0 Å². The van der Waals surface area contributed by atoms with Crippen molar-refractivity contribution in [2.45, 2.75) is 0 Å². The fourth-order valence-electron chi connectivity index (χ4n) is 1.80. The fraction of sp³-hybridized carbons (Fsp3) is 0. The molecule has 0 fully saturated rings. The number of hydrogen-bond acceptors (Lipinski definition) is 6. The summed E-state index contributed by atoms with van der Waals surface area (Å²) >= 11 is 0. The number of nitrogens with zero attached hydrogens (tertiary/aromatic N) is 2. The van der Waals surface area contributed by atoms with Crippen molar-refractivity contribution in [3.8, 4) is 0 Å². The molecular weight excluding hydrogens is 306 g/mol. The third-order valence-electron chi connectivity index (χ3n) is 2.96. The van der Waals surface area contributed by atoms with Crippen molar-refractivity contribution in [1.29, 1.82) is 0 Å². The van der Waals surface area contributed by atoms with E-state index in [9.17, 15) is 29.8 Å². The Hall–Kier alpha value is -3.62. The Balaban J connectivity index is 2.28. The average Bonchev–Trinajstić information content (AvgIpc) is 2.54. The predicted octanol–water partition coefficient (Wildman–Crippen LogP) is 2.57. The molecule has 0 aliphatic heterocycles. The largest absolute Gasteiger partial charge is 0.321 e. The highest BCUT2D eigenvalue weighted by molar-refractivity contribution is 6.06. The van der Waals surface area contributed by atoms with Gasteiger partial charge in [-0.1, -0.05) is 0 Å². The number of carbonyl (C=O) groups is 2. The van der Waals surface area contributed by atoms with Crippen molar-refractivity contribution in [3.05, 3.63) is 73.8 Å². The molecule has 2 aromatic rings. The maximum Gasteiger partial charge on any atom is 0.271 e. The van der Waals surface area contributed by atoms with Crippen molar-refractivity contribution in [3.63, 3.8) is 0 Å². The van der Waals surface area contributed by atoms with E-state index in [1.54, 1.807) is 0 Å². The van der Waals surface area contributed by atoms with Crippen LogP contribution in [0.15, 0.2) is 42.5 Å². The van der Waals surface area contributed by atoms with Gasteiger partial charge < -0.3 is 5.32 Å². The van der Waals surface area contributed by atoms with Gasteiger partial charge in [-0.15, -0.1) is 0 Å². The van der Waals surface area contributed by atoms with E-state index in [2.05, 4.69) is 5.32 Å². The molecule has 0 saturated heterocycles. The molecular formula is C14H9N3O6. The highest BCUT2D eigenvalue weighted by Gasteiger charge is 2.14. The molecule has 2 rings (SSSR count). The van der Waals surface area contributed by atoms with Gasteiger partial charge in [0.15, 0.2) is 6.29 Å². The standard InChI is InChI=1S/C14H9N3O6/c18-8-10-3-6-12(17(22)23)7-13(10)15-14(19)9-1-4-11(5-2-9)16(20)21/h1-8H,(H,15,19). The molecule has 23 heavy (non-hydrogen) atoms. The summed E-state index contributed by atoms with van der Waals surface area (Å²) in [6, 6.07) is 8.22. The third-order valence-corrected chi connectivity index (χ3v) is 2.96. The van der Waals surface area contributed by atoms with Crippen LogP contribution in [0, 0.1) is 20.2 Å². The molecule has 0 heterocycles. The maximum atomic E-state index is 12.1. The third kappa shape index (κ3) is 3.53. The van der Waals surface area contributed by atoms with Gasteiger partial charge in [-0.05, 0) is 18.2 Å². The Kier molecular flexibility index (Phi) is 4.41. The lowest BCUT2D eigenvalue weighted by atomic mass is 10.1. The number of amides is 1. The van der Waals surface area contributed by atoms with Crippen molar-refractivity contribution < 1.29 is 19.4 Å². The fourth-order valence-corrected chi connectivity index (χ4v) is 1.80. The first-order valence-corrected chi connectivity index (χ1v) is 6.22. The predicted molar refractivity (Wildman–Crippen MR) is 79.5 cm³/mol. The molecule has 0 spiro atoms. The van der Waals surface area contributed by atoms with Crippen LogP contribution >= 0.6 is 0 Å². The SMILES string of the molecule is O=Cc1ccc([N+](=O)[O-])cc1NC(=O)c1ccc([N+](=O)[O-])cc1. The van der Waals surface area contributed by atoms with Gasteiger partial charge in [-0.25, -0.2) is 0 Å². The molecule has 1 N–H and O–H groups in total. The summed E-state index contributed by atoms with van der Waals surface area (Å²) in [4.78, 5) is 43.1. The molecule has 2 aromatic carbocycles. The van der Waals surface area contributed by atoms with E-state index in [4.69, 9.17) is 0 Å². The number of rotatable bonds is 5. The molecule has 0 atom stereocenters.